The van der Waals surface area contributed by atoms with E-state index in [1.165, 1.54) is 11.3 Å². The number of aromatic nitrogens is 1. The second-order valence-corrected chi connectivity index (χ2v) is 6.52. The van der Waals surface area contributed by atoms with Crippen LogP contribution in [-0.2, 0) is 4.79 Å². The van der Waals surface area contributed by atoms with Gasteiger partial charge in [-0.25, -0.2) is 4.98 Å². The molecule has 1 fully saturated rings. The van der Waals surface area contributed by atoms with E-state index in [1.54, 1.807) is 0 Å². The van der Waals surface area contributed by atoms with Gasteiger partial charge in [-0.1, -0.05) is 17.4 Å². The van der Waals surface area contributed by atoms with Crippen LogP contribution in [0, 0.1) is 5.92 Å². The molecule has 1 aliphatic rings. The average Bonchev–Trinajstić information content (AvgIpc) is 2.84. The number of hydrogen-bond donors (Lipinski definition) is 2. The number of thiazole rings is 1. The molecule has 1 unspecified atom stereocenters. The molecule has 0 radical (unpaired) electrons. The number of rotatable bonds is 2. The number of benzene rings is 1. The van der Waals surface area contributed by atoms with Crippen LogP contribution in [0.2, 0.25) is 0 Å². The molecule has 0 saturated carbocycles. The zero-order valence-electron chi connectivity index (χ0n) is 10.3. The smallest absolute Gasteiger partial charge is 0.230 e. The molecule has 100 valence electrons. The van der Waals surface area contributed by atoms with Crippen molar-refractivity contribution in [2.45, 2.75) is 12.8 Å². The van der Waals surface area contributed by atoms with Gasteiger partial charge < -0.3 is 10.6 Å². The standard InChI is InChI=1S/C13H14BrN3OS/c14-9-4-1-5-10-11(9)16-13(19-10)17-12(18)8-3-2-6-15-7-8/h1,4-5,8,15H,2-3,6-7H2,(H,16,17,18). The van der Waals surface area contributed by atoms with Crippen LogP contribution in [0.5, 0.6) is 0 Å². The second kappa shape index (κ2) is 5.56. The predicted octanol–water partition coefficient (Wildman–Crippen LogP) is 3.00. The van der Waals surface area contributed by atoms with E-state index in [9.17, 15) is 4.79 Å². The van der Waals surface area contributed by atoms with Gasteiger partial charge in [0, 0.05) is 11.0 Å². The summed E-state index contributed by atoms with van der Waals surface area (Å²) in [5.41, 5.74) is 0.907. The van der Waals surface area contributed by atoms with Gasteiger partial charge in [0.15, 0.2) is 5.13 Å². The maximum atomic E-state index is 12.1. The van der Waals surface area contributed by atoms with E-state index in [2.05, 4.69) is 31.5 Å². The van der Waals surface area contributed by atoms with Crippen LogP contribution in [-0.4, -0.2) is 24.0 Å². The molecular formula is C13H14BrN3OS. The monoisotopic (exact) mass is 339 g/mol. The zero-order valence-corrected chi connectivity index (χ0v) is 12.7. The van der Waals surface area contributed by atoms with Gasteiger partial charge in [-0.2, -0.15) is 0 Å². The maximum Gasteiger partial charge on any atom is 0.230 e. The largest absolute Gasteiger partial charge is 0.316 e. The van der Waals surface area contributed by atoms with Crippen molar-refractivity contribution in [3.8, 4) is 0 Å². The van der Waals surface area contributed by atoms with Gasteiger partial charge in [0.05, 0.1) is 16.1 Å². The Labute approximate surface area is 123 Å². The molecule has 1 aromatic heterocycles. The Morgan fingerprint density at radius 1 is 1.53 bits per heavy atom. The molecule has 1 saturated heterocycles. The highest BCUT2D eigenvalue weighted by atomic mass is 79.9. The Balaban J connectivity index is 1.77. The summed E-state index contributed by atoms with van der Waals surface area (Å²) in [5.74, 6) is 0.131. The lowest BCUT2D eigenvalue weighted by atomic mass is 9.99. The summed E-state index contributed by atoms with van der Waals surface area (Å²) in [5, 5.41) is 6.87. The van der Waals surface area contributed by atoms with Gasteiger partial charge >= 0.3 is 0 Å². The Morgan fingerprint density at radius 2 is 2.42 bits per heavy atom. The van der Waals surface area contributed by atoms with Crippen LogP contribution in [0.4, 0.5) is 5.13 Å². The van der Waals surface area contributed by atoms with Crippen LogP contribution >= 0.6 is 27.3 Å². The summed E-state index contributed by atoms with van der Waals surface area (Å²) < 4.78 is 2.03. The maximum absolute atomic E-state index is 12.1. The molecule has 0 bridgehead atoms. The number of para-hydroxylation sites is 1. The number of nitrogens with zero attached hydrogens (tertiary/aromatic N) is 1. The van der Waals surface area contributed by atoms with Crippen molar-refractivity contribution in [3.63, 3.8) is 0 Å². The Hall–Kier alpha value is -0.980. The number of hydrogen-bond acceptors (Lipinski definition) is 4. The first-order valence-electron chi connectivity index (χ1n) is 6.30. The number of nitrogens with one attached hydrogen (secondary N) is 2. The first-order chi connectivity index (χ1) is 9.24. The molecular weight excluding hydrogens is 326 g/mol. The fourth-order valence-corrected chi connectivity index (χ4v) is 3.73. The Kier molecular flexibility index (Phi) is 3.81. The molecule has 1 amide bonds. The summed E-state index contributed by atoms with van der Waals surface area (Å²) in [6, 6.07) is 5.94. The van der Waals surface area contributed by atoms with E-state index in [4.69, 9.17) is 0 Å². The van der Waals surface area contributed by atoms with Crippen molar-refractivity contribution >= 4 is 48.5 Å². The minimum absolute atomic E-state index is 0.0594. The number of fused-ring (bicyclic) bond motifs is 1. The van der Waals surface area contributed by atoms with Crippen LogP contribution < -0.4 is 10.6 Å². The van der Waals surface area contributed by atoms with Gasteiger partial charge in [-0.3, -0.25) is 4.79 Å². The van der Waals surface area contributed by atoms with E-state index >= 15 is 0 Å². The summed E-state index contributed by atoms with van der Waals surface area (Å²) in [4.78, 5) is 16.6. The third kappa shape index (κ3) is 2.80. The molecule has 3 rings (SSSR count). The van der Waals surface area contributed by atoms with Crippen molar-refractivity contribution in [1.82, 2.24) is 10.3 Å². The lowest BCUT2D eigenvalue weighted by molar-refractivity contribution is -0.120. The van der Waals surface area contributed by atoms with E-state index in [-0.39, 0.29) is 11.8 Å². The second-order valence-electron chi connectivity index (χ2n) is 4.64. The summed E-state index contributed by atoms with van der Waals surface area (Å²) in [6.45, 7) is 1.78. The Morgan fingerprint density at radius 3 is 3.16 bits per heavy atom. The van der Waals surface area contributed by atoms with E-state index in [0.717, 1.165) is 40.6 Å². The molecule has 19 heavy (non-hydrogen) atoms. The lowest BCUT2D eigenvalue weighted by Crippen LogP contribution is -2.37. The quantitative estimate of drug-likeness (QED) is 0.884. The lowest BCUT2D eigenvalue weighted by Gasteiger charge is -2.21. The number of anilines is 1. The molecule has 1 aliphatic heterocycles. The van der Waals surface area contributed by atoms with Gasteiger partial charge in [0.25, 0.3) is 0 Å². The molecule has 0 spiro atoms. The molecule has 1 aromatic carbocycles. The highest BCUT2D eigenvalue weighted by molar-refractivity contribution is 9.10. The minimum Gasteiger partial charge on any atom is -0.316 e. The van der Waals surface area contributed by atoms with Crippen molar-refractivity contribution in [2.75, 3.05) is 18.4 Å². The van der Waals surface area contributed by atoms with Gasteiger partial charge in [-0.05, 0) is 47.4 Å². The van der Waals surface area contributed by atoms with Crippen molar-refractivity contribution in [2.24, 2.45) is 5.92 Å². The average molecular weight is 340 g/mol. The van der Waals surface area contributed by atoms with Crippen LogP contribution in [0.3, 0.4) is 0 Å². The summed E-state index contributed by atoms with van der Waals surface area (Å²) in [6.07, 6.45) is 2.01. The van der Waals surface area contributed by atoms with E-state index < -0.39 is 0 Å². The fraction of sp³-hybridized carbons (Fsp3) is 0.385. The van der Waals surface area contributed by atoms with Crippen LogP contribution in [0.15, 0.2) is 22.7 Å². The number of carbonyl (C=O) groups excluding carboxylic acids is 1. The third-order valence-corrected chi connectivity index (χ3v) is 4.84. The Bertz CT molecular complexity index is 607. The molecule has 4 nitrogen and oxygen atoms in total. The first-order valence-corrected chi connectivity index (χ1v) is 7.91. The van der Waals surface area contributed by atoms with E-state index in [0.29, 0.717) is 5.13 Å². The minimum atomic E-state index is 0.0594. The molecule has 6 heteroatoms. The number of piperidine rings is 1. The molecule has 0 aliphatic carbocycles. The van der Waals surface area contributed by atoms with Crippen LogP contribution in [0.1, 0.15) is 12.8 Å². The third-order valence-electron chi connectivity index (χ3n) is 3.27. The molecule has 2 N–H and O–H groups in total. The number of amides is 1. The van der Waals surface area contributed by atoms with Gasteiger partial charge in [0.2, 0.25) is 5.91 Å². The highest BCUT2D eigenvalue weighted by Gasteiger charge is 2.21. The molecule has 2 aromatic rings. The van der Waals surface area contributed by atoms with Crippen LogP contribution in [0.25, 0.3) is 10.2 Å². The number of carbonyl (C=O) groups is 1. The SMILES string of the molecule is O=C(Nc1nc2c(Br)cccc2s1)C1CCCNC1. The molecule has 2 heterocycles. The van der Waals surface area contributed by atoms with Crippen molar-refractivity contribution < 1.29 is 4.79 Å². The van der Waals surface area contributed by atoms with Gasteiger partial charge in [-0.15, -0.1) is 0 Å². The topological polar surface area (TPSA) is 54.0 Å². The summed E-state index contributed by atoms with van der Waals surface area (Å²) >= 11 is 4.98. The van der Waals surface area contributed by atoms with Crippen molar-refractivity contribution in [3.05, 3.63) is 22.7 Å². The predicted molar refractivity (Wildman–Crippen MR) is 81.5 cm³/mol. The highest BCUT2D eigenvalue weighted by Crippen LogP contribution is 2.31. The molecule has 1 atom stereocenters. The summed E-state index contributed by atoms with van der Waals surface area (Å²) in [7, 11) is 0. The van der Waals surface area contributed by atoms with E-state index in [1.807, 2.05) is 18.2 Å². The zero-order chi connectivity index (χ0) is 13.2. The number of halogens is 1. The first kappa shape index (κ1) is 13.0. The normalized spacial score (nSPS) is 19.5. The van der Waals surface area contributed by atoms with Crippen molar-refractivity contribution in [1.29, 1.82) is 0 Å². The van der Waals surface area contributed by atoms with Gasteiger partial charge in [0.1, 0.15) is 0 Å². The fourth-order valence-electron chi connectivity index (χ4n) is 2.25.